The predicted molar refractivity (Wildman–Crippen MR) is 72.8 cm³/mol. The van der Waals surface area contributed by atoms with Gasteiger partial charge in [-0.05, 0) is 28.4 Å². The molecule has 0 fully saturated rings. The molecule has 108 valence electrons. The van der Waals surface area contributed by atoms with E-state index in [2.05, 4.69) is 31.3 Å². The third-order valence-electron chi connectivity index (χ3n) is 2.65. The Bertz CT molecular complexity index is 622. The summed E-state index contributed by atoms with van der Waals surface area (Å²) >= 11 is 3.00. The number of rotatable bonds is 3. The number of alkyl halides is 3. The van der Waals surface area contributed by atoms with Gasteiger partial charge in [-0.15, -0.1) is 0 Å². The molecule has 2 rings (SSSR count). The highest BCUT2D eigenvalue weighted by molar-refractivity contribution is 9.10. The highest BCUT2D eigenvalue weighted by Gasteiger charge is 2.35. The first kappa shape index (κ1) is 14.8. The third-order valence-corrected chi connectivity index (χ3v) is 3.09. The van der Waals surface area contributed by atoms with E-state index in [1.165, 1.54) is 6.20 Å². The van der Waals surface area contributed by atoms with Crippen molar-refractivity contribution < 1.29 is 13.2 Å². The normalized spacial score (nSPS) is 11.7. The minimum atomic E-state index is -4.48. The highest BCUT2D eigenvalue weighted by Crippen LogP contribution is 2.36. The van der Waals surface area contributed by atoms with Gasteiger partial charge in [0.05, 0.1) is 16.9 Å². The molecule has 0 aromatic carbocycles. The molecule has 0 bridgehead atoms. The van der Waals surface area contributed by atoms with Gasteiger partial charge in [-0.1, -0.05) is 6.92 Å². The van der Waals surface area contributed by atoms with Crippen LogP contribution in [-0.2, 0) is 19.6 Å². The quantitative estimate of drug-likeness (QED) is 0.914. The van der Waals surface area contributed by atoms with Crippen molar-refractivity contribution in [3.05, 3.63) is 34.2 Å². The van der Waals surface area contributed by atoms with Gasteiger partial charge in [0.15, 0.2) is 0 Å². The summed E-state index contributed by atoms with van der Waals surface area (Å²) in [5.41, 5.74) is 0.387. The van der Waals surface area contributed by atoms with Gasteiger partial charge in [-0.3, -0.25) is 4.68 Å². The summed E-state index contributed by atoms with van der Waals surface area (Å²) < 4.78 is 40.8. The Balaban J connectivity index is 2.43. The van der Waals surface area contributed by atoms with Gasteiger partial charge in [-0.2, -0.15) is 18.3 Å². The highest BCUT2D eigenvalue weighted by atomic mass is 79.9. The van der Waals surface area contributed by atoms with Crippen molar-refractivity contribution in [2.24, 2.45) is 7.05 Å². The molecular weight excluding hydrogens is 337 g/mol. The smallest absolute Gasteiger partial charge is 0.337 e. The first-order valence-corrected chi connectivity index (χ1v) is 6.63. The lowest BCUT2D eigenvalue weighted by Crippen LogP contribution is -2.10. The molecule has 0 amide bonds. The fraction of sp³-hybridized carbons (Fsp3) is 0.333. The number of anilines is 2. The molecule has 2 heterocycles. The lowest BCUT2D eigenvalue weighted by molar-refractivity contribution is -0.137. The van der Waals surface area contributed by atoms with Gasteiger partial charge < -0.3 is 5.32 Å². The second kappa shape index (κ2) is 5.43. The van der Waals surface area contributed by atoms with Crippen LogP contribution in [0.1, 0.15) is 18.2 Å². The predicted octanol–water partition coefficient (Wildman–Crippen LogP) is 3.90. The molecule has 0 atom stereocenters. The van der Waals surface area contributed by atoms with Crippen molar-refractivity contribution in [2.45, 2.75) is 19.5 Å². The maximum Gasteiger partial charge on any atom is 0.420 e. The summed E-state index contributed by atoms with van der Waals surface area (Å²) in [6, 6.07) is 0.997. The van der Waals surface area contributed by atoms with Crippen LogP contribution in [0.4, 0.5) is 24.7 Å². The van der Waals surface area contributed by atoms with Crippen LogP contribution < -0.4 is 5.32 Å². The first-order valence-electron chi connectivity index (χ1n) is 5.83. The Morgan fingerprint density at radius 3 is 2.70 bits per heavy atom. The van der Waals surface area contributed by atoms with Gasteiger partial charge >= 0.3 is 6.18 Å². The molecule has 0 unspecified atom stereocenters. The fourth-order valence-electron chi connectivity index (χ4n) is 1.78. The largest absolute Gasteiger partial charge is 0.420 e. The zero-order valence-electron chi connectivity index (χ0n) is 10.8. The van der Waals surface area contributed by atoms with Crippen molar-refractivity contribution in [1.82, 2.24) is 14.8 Å². The molecular formula is C12H12BrF3N4. The van der Waals surface area contributed by atoms with E-state index in [1.807, 2.05) is 6.92 Å². The summed E-state index contributed by atoms with van der Waals surface area (Å²) in [4.78, 5) is 3.81. The van der Waals surface area contributed by atoms with Gasteiger partial charge in [0.25, 0.3) is 0 Å². The number of pyridine rings is 1. The summed E-state index contributed by atoms with van der Waals surface area (Å²) in [6.07, 6.45) is -0.920. The topological polar surface area (TPSA) is 42.7 Å². The van der Waals surface area contributed by atoms with E-state index in [4.69, 9.17) is 0 Å². The SMILES string of the molecule is CCc1nn(C)cc1Nc1ncc(Br)cc1C(F)(F)F. The van der Waals surface area contributed by atoms with Crippen molar-refractivity contribution in [3.63, 3.8) is 0 Å². The molecule has 0 aliphatic rings. The summed E-state index contributed by atoms with van der Waals surface area (Å²) in [5.74, 6) is -0.233. The fourth-order valence-corrected chi connectivity index (χ4v) is 2.11. The van der Waals surface area contributed by atoms with E-state index < -0.39 is 11.7 Å². The molecule has 0 spiro atoms. The third kappa shape index (κ3) is 3.12. The van der Waals surface area contributed by atoms with Crippen LogP contribution in [0.15, 0.2) is 22.9 Å². The van der Waals surface area contributed by atoms with E-state index in [-0.39, 0.29) is 10.3 Å². The second-order valence-corrected chi connectivity index (χ2v) is 5.10. The van der Waals surface area contributed by atoms with Crippen LogP contribution >= 0.6 is 15.9 Å². The molecule has 4 nitrogen and oxygen atoms in total. The molecule has 0 aliphatic heterocycles. The molecule has 8 heteroatoms. The molecule has 0 radical (unpaired) electrons. The van der Waals surface area contributed by atoms with Crippen LogP contribution in [0.3, 0.4) is 0 Å². The number of hydrogen-bond acceptors (Lipinski definition) is 3. The monoisotopic (exact) mass is 348 g/mol. The van der Waals surface area contributed by atoms with Gasteiger partial charge in [0.2, 0.25) is 0 Å². The zero-order chi connectivity index (χ0) is 14.9. The van der Waals surface area contributed by atoms with E-state index in [0.29, 0.717) is 17.8 Å². The molecule has 2 aromatic heterocycles. The van der Waals surface area contributed by atoms with Crippen molar-refractivity contribution in [1.29, 1.82) is 0 Å². The minimum absolute atomic E-state index is 0.233. The number of nitrogens with zero attached hydrogens (tertiary/aromatic N) is 3. The molecule has 0 saturated heterocycles. The number of aryl methyl sites for hydroxylation is 2. The average Bonchev–Trinajstić information content (AvgIpc) is 2.70. The van der Waals surface area contributed by atoms with Crippen molar-refractivity contribution in [3.8, 4) is 0 Å². The van der Waals surface area contributed by atoms with Gasteiger partial charge in [-0.25, -0.2) is 4.98 Å². The number of halogens is 4. The van der Waals surface area contributed by atoms with Crippen LogP contribution in [0.25, 0.3) is 0 Å². The maximum absolute atomic E-state index is 13.0. The van der Waals surface area contributed by atoms with E-state index in [0.717, 1.165) is 6.07 Å². The Morgan fingerprint density at radius 2 is 2.10 bits per heavy atom. The van der Waals surface area contributed by atoms with Crippen LogP contribution in [0, 0.1) is 0 Å². The van der Waals surface area contributed by atoms with Gasteiger partial charge in [0.1, 0.15) is 5.82 Å². The Kier molecular flexibility index (Phi) is 4.03. The summed E-state index contributed by atoms with van der Waals surface area (Å²) in [5, 5.41) is 6.88. The standard InChI is InChI=1S/C12H12BrF3N4/c1-3-9-10(6-20(2)19-9)18-11-8(12(14,15)16)4-7(13)5-17-11/h4-6H,3H2,1-2H3,(H,17,18). The molecule has 1 N–H and O–H groups in total. The summed E-state index contributed by atoms with van der Waals surface area (Å²) in [6.45, 7) is 1.88. The number of nitrogens with one attached hydrogen (secondary N) is 1. The molecule has 0 aliphatic carbocycles. The maximum atomic E-state index is 13.0. The van der Waals surface area contributed by atoms with Crippen LogP contribution in [0.5, 0.6) is 0 Å². The lowest BCUT2D eigenvalue weighted by Gasteiger charge is -2.13. The Morgan fingerprint density at radius 1 is 1.40 bits per heavy atom. The number of hydrogen-bond donors (Lipinski definition) is 1. The van der Waals surface area contributed by atoms with E-state index in [1.54, 1.807) is 17.9 Å². The van der Waals surface area contributed by atoms with E-state index >= 15 is 0 Å². The Hall–Kier alpha value is -1.57. The molecule has 20 heavy (non-hydrogen) atoms. The first-order chi connectivity index (χ1) is 9.31. The molecule has 0 saturated carbocycles. The Labute approximate surface area is 122 Å². The van der Waals surface area contributed by atoms with Crippen molar-refractivity contribution in [2.75, 3.05) is 5.32 Å². The zero-order valence-corrected chi connectivity index (χ0v) is 12.4. The van der Waals surface area contributed by atoms with Crippen LogP contribution in [0.2, 0.25) is 0 Å². The van der Waals surface area contributed by atoms with E-state index in [9.17, 15) is 13.2 Å². The average molecular weight is 349 g/mol. The number of aromatic nitrogens is 3. The minimum Gasteiger partial charge on any atom is -0.337 e. The van der Waals surface area contributed by atoms with Gasteiger partial charge in [0, 0.05) is 23.9 Å². The van der Waals surface area contributed by atoms with Crippen molar-refractivity contribution >= 4 is 27.4 Å². The van der Waals surface area contributed by atoms with Crippen LogP contribution in [-0.4, -0.2) is 14.8 Å². The second-order valence-electron chi connectivity index (χ2n) is 4.19. The lowest BCUT2D eigenvalue weighted by atomic mass is 10.2. The summed E-state index contributed by atoms with van der Waals surface area (Å²) in [7, 11) is 1.71. The molecule has 2 aromatic rings.